The minimum atomic E-state index is -3.73. The second-order valence-corrected chi connectivity index (χ2v) is 7.87. The van der Waals surface area contributed by atoms with Crippen LogP contribution in [0.4, 0.5) is 5.69 Å². The number of hydrogen-bond acceptors (Lipinski definition) is 3. The lowest BCUT2D eigenvalue weighted by Gasteiger charge is -2.09. The molecule has 7 heteroatoms. The van der Waals surface area contributed by atoms with Crippen molar-refractivity contribution < 1.29 is 8.42 Å². The van der Waals surface area contributed by atoms with Crippen LogP contribution >= 0.6 is 11.6 Å². The van der Waals surface area contributed by atoms with Crippen molar-refractivity contribution in [3.63, 3.8) is 0 Å². The Morgan fingerprint density at radius 2 is 1.80 bits per heavy atom. The van der Waals surface area contributed by atoms with Crippen molar-refractivity contribution >= 4 is 27.3 Å². The summed E-state index contributed by atoms with van der Waals surface area (Å²) in [6.07, 6.45) is 0. The number of rotatable bonds is 5. The zero-order valence-electron chi connectivity index (χ0n) is 13.9. The van der Waals surface area contributed by atoms with Crippen LogP contribution in [0.1, 0.15) is 17.0 Å². The molecule has 0 saturated carbocycles. The molecule has 1 heterocycles. The highest BCUT2D eigenvalue weighted by Gasteiger charge is 2.20. The van der Waals surface area contributed by atoms with E-state index in [1.165, 1.54) is 12.1 Å². The number of sulfonamides is 1. The van der Waals surface area contributed by atoms with E-state index in [1.807, 2.05) is 37.3 Å². The highest BCUT2D eigenvalue weighted by molar-refractivity contribution is 7.92. The van der Waals surface area contributed by atoms with Crippen molar-refractivity contribution in [2.24, 2.45) is 0 Å². The van der Waals surface area contributed by atoms with Crippen molar-refractivity contribution in [3.05, 3.63) is 76.6 Å². The Kier molecular flexibility index (Phi) is 4.83. The van der Waals surface area contributed by atoms with Crippen molar-refractivity contribution in [1.82, 2.24) is 9.78 Å². The van der Waals surface area contributed by atoms with Gasteiger partial charge in [-0.1, -0.05) is 48.0 Å². The molecule has 0 amide bonds. The second kappa shape index (κ2) is 6.90. The normalized spacial score (nSPS) is 11.5. The predicted molar refractivity (Wildman–Crippen MR) is 99.5 cm³/mol. The maximum Gasteiger partial charge on any atom is 0.262 e. The van der Waals surface area contributed by atoms with E-state index in [1.54, 1.807) is 23.7 Å². The molecular weight excluding hydrogens is 358 g/mol. The Labute approximate surface area is 152 Å². The van der Waals surface area contributed by atoms with Gasteiger partial charge in [-0.3, -0.25) is 9.40 Å². The Morgan fingerprint density at radius 1 is 1.08 bits per heavy atom. The zero-order chi connectivity index (χ0) is 18.0. The van der Waals surface area contributed by atoms with Gasteiger partial charge in [0.1, 0.15) is 0 Å². The summed E-state index contributed by atoms with van der Waals surface area (Å²) in [6.45, 7) is 4.20. The van der Waals surface area contributed by atoms with E-state index in [4.69, 9.17) is 11.6 Å². The summed E-state index contributed by atoms with van der Waals surface area (Å²) in [5.41, 5.74) is 2.97. The molecule has 25 heavy (non-hydrogen) atoms. The van der Waals surface area contributed by atoms with Gasteiger partial charge in [0.05, 0.1) is 28.5 Å². The topological polar surface area (TPSA) is 64.0 Å². The molecule has 0 bridgehead atoms. The van der Waals surface area contributed by atoms with Gasteiger partial charge in [-0.05, 0) is 37.6 Å². The van der Waals surface area contributed by atoms with E-state index >= 15 is 0 Å². The average Bonchev–Trinajstić information content (AvgIpc) is 2.83. The molecule has 1 aromatic heterocycles. The maximum atomic E-state index is 12.6. The standard InChI is InChI=1S/C18H18ClN3O2S/c1-13-18(21-25(23,24)17-10-6-9-16(19)11-17)14(2)22(20-13)12-15-7-4-3-5-8-15/h3-11,21H,12H2,1-2H3. The smallest absolute Gasteiger partial charge is 0.262 e. The number of benzene rings is 2. The van der Waals surface area contributed by atoms with Gasteiger partial charge in [0.15, 0.2) is 0 Å². The summed E-state index contributed by atoms with van der Waals surface area (Å²) in [5, 5.41) is 4.84. The van der Waals surface area contributed by atoms with E-state index < -0.39 is 10.0 Å². The lowest BCUT2D eigenvalue weighted by atomic mass is 10.2. The fourth-order valence-electron chi connectivity index (χ4n) is 2.58. The third-order valence-electron chi connectivity index (χ3n) is 3.90. The van der Waals surface area contributed by atoms with Gasteiger partial charge in [0.2, 0.25) is 0 Å². The lowest BCUT2D eigenvalue weighted by Crippen LogP contribution is -2.14. The summed E-state index contributed by atoms with van der Waals surface area (Å²) in [7, 11) is -3.73. The minimum absolute atomic E-state index is 0.120. The van der Waals surface area contributed by atoms with Gasteiger partial charge in [0.25, 0.3) is 10.0 Å². The predicted octanol–water partition coefficient (Wildman–Crippen LogP) is 4.00. The molecule has 0 aliphatic carbocycles. The van der Waals surface area contributed by atoms with Gasteiger partial charge in [-0.2, -0.15) is 5.10 Å². The average molecular weight is 376 g/mol. The second-order valence-electron chi connectivity index (χ2n) is 5.75. The summed E-state index contributed by atoms with van der Waals surface area (Å²) in [4.78, 5) is 0.120. The van der Waals surface area contributed by atoms with Gasteiger partial charge in [-0.25, -0.2) is 8.42 Å². The van der Waals surface area contributed by atoms with Crippen molar-refractivity contribution in [3.8, 4) is 0 Å². The summed E-state index contributed by atoms with van der Waals surface area (Å²) in [5.74, 6) is 0. The highest BCUT2D eigenvalue weighted by Crippen LogP contribution is 2.25. The first kappa shape index (κ1) is 17.5. The molecule has 0 aliphatic heterocycles. The molecule has 0 fully saturated rings. The molecule has 0 radical (unpaired) electrons. The number of halogens is 1. The fraction of sp³-hybridized carbons (Fsp3) is 0.167. The van der Waals surface area contributed by atoms with Gasteiger partial charge in [0, 0.05) is 5.02 Å². The van der Waals surface area contributed by atoms with Crippen LogP contribution < -0.4 is 4.72 Å². The van der Waals surface area contributed by atoms with Crippen molar-refractivity contribution in [2.75, 3.05) is 4.72 Å². The molecule has 0 spiro atoms. The monoisotopic (exact) mass is 375 g/mol. The van der Waals surface area contributed by atoms with Gasteiger partial charge >= 0.3 is 0 Å². The maximum absolute atomic E-state index is 12.6. The first-order chi connectivity index (χ1) is 11.9. The molecule has 0 unspecified atom stereocenters. The zero-order valence-corrected chi connectivity index (χ0v) is 15.5. The van der Waals surface area contributed by atoms with Crippen LogP contribution in [0.3, 0.4) is 0 Å². The quantitative estimate of drug-likeness (QED) is 0.733. The van der Waals surface area contributed by atoms with E-state index in [0.29, 0.717) is 22.9 Å². The van der Waals surface area contributed by atoms with Crippen LogP contribution in [0.15, 0.2) is 59.5 Å². The molecule has 0 atom stereocenters. The van der Waals surface area contributed by atoms with Crippen LogP contribution in [0, 0.1) is 13.8 Å². The number of anilines is 1. The van der Waals surface area contributed by atoms with Crippen molar-refractivity contribution in [2.45, 2.75) is 25.3 Å². The SMILES string of the molecule is Cc1nn(Cc2ccccc2)c(C)c1NS(=O)(=O)c1cccc(Cl)c1. The van der Waals surface area contributed by atoms with Crippen LogP contribution in [0.2, 0.25) is 5.02 Å². The highest BCUT2D eigenvalue weighted by atomic mass is 35.5. The molecule has 3 rings (SSSR count). The largest absolute Gasteiger partial charge is 0.276 e. The molecule has 5 nitrogen and oxygen atoms in total. The van der Waals surface area contributed by atoms with Gasteiger partial charge < -0.3 is 0 Å². The number of hydrogen-bond donors (Lipinski definition) is 1. The number of aryl methyl sites for hydroxylation is 1. The molecular formula is C18H18ClN3O2S. The molecule has 0 aliphatic rings. The summed E-state index contributed by atoms with van der Waals surface area (Å²) in [6, 6.07) is 16.1. The molecule has 0 saturated heterocycles. The number of nitrogens with one attached hydrogen (secondary N) is 1. The Morgan fingerprint density at radius 3 is 2.48 bits per heavy atom. The molecule has 2 aromatic carbocycles. The molecule has 130 valence electrons. The van der Waals surface area contributed by atoms with E-state index in [0.717, 1.165) is 11.3 Å². The van der Waals surface area contributed by atoms with E-state index in [2.05, 4.69) is 9.82 Å². The van der Waals surface area contributed by atoms with Gasteiger partial charge in [-0.15, -0.1) is 0 Å². The summed E-state index contributed by atoms with van der Waals surface area (Å²) < 4.78 is 29.7. The molecule has 1 N–H and O–H groups in total. The van der Waals surface area contributed by atoms with Crippen LogP contribution in [-0.4, -0.2) is 18.2 Å². The fourth-order valence-corrected chi connectivity index (χ4v) is 4.06. The Hall–Kier alpha value is -2.31. The van der Waals surface area contributed by atoms with Crippen LogP contribution in [-0.2, 0) is 16.6 Å². The minimum Gasteiger partial charge on any atom is -0.276 e. The third-order valence-corrected chi connectivity index (χ3v) is 5.48. The summed E-state index contributed by atoms with van der Waals surface area (Å²) >= 11 is 5.90. The molecule has 3 aromatic rings. The lowest BCUT2D eigenvalue weighted by molar-refractivity contribution is 0.601. The first-order valence-corrected chi connectivity index (χ1v) is 9.59. The van der Waals surface area contributed by atoms with E-state index in [-0.39, 0.29) is 4.90 Å². The Bertz CT molecular complexity index is 998. The Balaban J connectivity index is 1.91. The van der Waals surface area contributed by atoms with Crippen LogP contribution in [0.25, 0.3) is 0 Å². The van der Waals surface area contributed by atoms with Crippen LogP contribution in [0.5, 0.6) is 0 Å². The number of aromatic nitrogens is 2. The number of nitrogens with zero attached hydrogens (tertiary/aromatic N) is 2. The van der Waals surface area contributed by atoms with Crippen molar-refractivity contribution in [1.29, 1.82) is 0 Å². The third kappa shape index (κ3) is 3.86. The van der Waals surface area contributed by atoms with E-state index in [9.17, 15) is 8.42 Å². The first-order valence-electron chi connectivity index (χ1n) is 7.73.